The Morgan fingerprint density at radius 1 is 1.50 bits per heavy atom. The third-order valence-corrected chi connectivity index (χ3v) is 1.98. The number of rotatable bonds is 6. The van der Waals surface area contributed by atoms with Gasteiger partial charge in [-0.1, -0.05) is 25.5 Å². The largest absolute Gasteiger partial charge is 0.396 e. The summed E-state index contributed by atoms with van der Waals surface area (Å²) in [6.07, 6.45) is 6.84. The van der Waals surface area contributed by atoms with Crippen molar-refractivity contribution in [2.75, 3.05) is 13.7 Å². The quantitative estimate of drug-likeness (QED) is 0.622. The van der Waals surface area contributed by atoms with Crippen LogP contribution >= 0.6 is 0 Å². The number of hydrogen-bond acceptors (Lipinski definition) is 2. The van der Waals surface area contributed by atoms with E-state index in [4.69, 9.17) is 9.84 Å². The molecule has 0 aromatic heterocycles. The van der Waals surface area contributed by atoms with E-state index in [0.29, 0.717) is 6.42 Å². The van der Waals surface area contributed by atoms with Gasteiger partial charge in [-0.25, -0.2) is 0 Å². The predicted molar refractivity (Wildman–Crippen MR) is 51.2 cm³/mol. The number of hydrogen-bond donors (Lipinski definition) is 1. The fraction of sp³-hybridized carbons (Fsp3) is 0.800. The van der Waals surface area contributed by atoms with Gasteiger partial charge >= 0.3 is 0 Å². The van der Waals surface area contributed by atoms with E-state index in [1.54, 1.807) is 7.11 Å². The van der Waals surface area contributed by atoms with Gasteiger partial charge in [0.05, 0.1) is 5.60 Å². The number of methoxy groups -OCH3 is 1. The Kier molecular flexibility index (Phi) is 6.03. The molecule has 12 heavy (non-hydrogen) atoms. The van der Waals surface area contributed by atoms with Crippen molar-refractivity contribution in [3.8, 4) is 0 Å². The Morgan fingerprint density at radius 3 is 2.58 bits per heavy atom. The minimum Gasteiger partial charge on any atom is -0.396 e. The van der Waals surface area contributed by atoms with E-state index in [1.807, 2.05) is 12.2 Å². The van der Waals surface area contributed by atoms with Gasteiger partial charge in [0.2, 0.25) is 0 Å². The van der Waals surface area contributed by atoms with Crippen LogP contribution in [0, 0.1) is 0 Å². The molecule has 0 saturated carbocycles. The van der Waals surface area contributed by atoms with E-state index < -0.39 is 0 Å². The van der Waals surface area contributed by atoms with Crippen molar-refractivity contribution in [2.24, 2.45) is 0 Å². The first-order chi connectivity index (χ1) is 5.68. The molecular formula is C10H20O2. The van der Waals surface area contributed by atoms with Crippen LogP contribution in [-0.4, -0.2) is 24.4 Å². The summed E-state index contributed by atoms with van der Waals surface area (Å²) in [6.45, 7) is 4.41. The van der Waals surface area contributed by atoms with Crippen LogP contribution < -0.4 is 0 Å². The van der Waals surface area contributed by atoms with E-state index in [1.165, 1.54) is 0 Å². The summed E-state index contributed by atoms with van der Waals surface area (Å²) in [5, 5.41) is 8.57. The molecule has 0 radical (unpaired) electrons. The van der Waals surface area contributed by atoms with E-state index >= 15 is 0 Å². The fourth-order valence-corrected chi connectivity index (χ4v) is 1.16. The molecule has 0 heterocycles. The van der Waals surface area contributed by atoms with E-state index in [-0.39, 0.29) is 12.2 Å². The van der Waals surface area contributed by atoms with E-state index in [9.17, 15) is 0 Å². The standard InChI is InChI=1S/C10H20O2/c1-4-7-10(2,12-3)8-5-6-9-11/h5,8,11H,4,6-7,9H2,1-3H3/b8-5+. The minimum atomic E-state index is -0.149. The third-order valence-electron chi connectivity index (χ3n) is 1.98. The van der Waals surface area contributed by atoms with Crippen molar-refractivity contribution in [1.29, 1.82) is 0 Å². The average molecular weight is 172 g/mol. The molecule has 0 rings (SSSR count). The second-order valence-electron chi connectivity index (χ2n) is 3.18. The molecule has 0 bridgehead atoms. The highest BCUT2D eigenvalue weighted by Gasteiger charge is 2.17. The average Bonchev–Trinajstić information content (AvgIpc) is 2.06. The lowest BCUT2D eigenvalue weighted by Crippen LogP contribution is -2.23. The second-order valence-corrected chi connectivity index (χ2v) is 3.18. The highest BCUT2D eigenvalue weighted by Crippen LogP contribution is 2.18. The normalized spacial score (nSPS) is 16.7. The van der Waals surface area contributed by atoms with Crippen molar-refractivity contribution < 1.29 is 9.84 Å². The van der Waals surface area contributed by atoms with Gasteiger partial charge in [0.1, 0.15) is 0 Å². The van der Waals surface area contributed by atoms with E-state index in [0.717, 1.165) is 12.8 Å². The summed E-state index contributed by atoms with van der Waals surface area (Å²) >= 11 is 0. The number of aliphatic hydroxyl groups is 1. The van der Waals surface area contributed by atoms with Crippen LogP contribution in [0.5, 0.6) is 0 Å². The first kappa shape index (κ1) is 11.7. The molecule has 0 amide bonds. The van der Waals surface area contributed by atoms with Crippen LogP contribution in [0.1, 0.15) is 33.1 Å². The summed E-state index contributed by atoms with van der Waals surface area (Å²) in [5.41, 5.74) is -0.149. The van der Waals surface area contributed by atoms with Gasteiger partial charge in [0, 0.05) is 13.7 Å². The van der Waals surface area contributed by atoms with Crippen LogP contribution in [0.3, 0.4) is 0 Å². The van der Waals surface area contributed by atoms with Crippen molar-refractivity contribution in [2.45, 2.75) is 38.7 Å². The molecule has 0 aromatic carbocycles. The molecule has 1 unspecified atom stereocenters. The van der Waals surface area contributed by atoms with Gasteiger partial charge in [-0.15, -0.1) is 0 Å². The molecule has 0 aliphatic carbocycles. The lowest BCUT2D eigenvalue weighted by atomic mass is 9.99. The molecule has 0 saturated heterocycles. The molecule has 0 spiro atoms. The lowest BCUT2D eigenvalue weighted by Gasteiger charge is -2.23. The summed E-state index contributed by atoms with van der Waals surface area (Å²) < 4.78 is 5.36. The number of ether oxygens (including phenoxy) is 1. The molecule has 72 valence electrons. The SMILES string of the molecule is CCCC(C)(/C=C/CCO)OC. The highest BCUT2D eigenvalue weighted by molar-refractivity contribution is 4.99. The van der Waals surface area contributed by atoms with Crippen LogP contribution in [0.25, 0.3) is 0 Å². The highest BCUT2D eigenvalue weighted by atomic mass is 16.5. The smallest absolute Gasteiger partial charge is 0.0830 e. The van der Waals surface area contributed by atoms with Gasteiger partial charge in [0.15, 0.2) is 0 Å². The van der Waals surface area contributed by atoms with Gasteiger partial charge in [-0.05, 0) is 19.8 Å². The Balaban J connectivity index is 3.94. The molecule has 1 atom stereocenters. The maximum atomic E-state index is 8.57. The van der Waals surface area contributed by atoms with Crippen molar-refractivity contribution >= 4 is 0 Å². The lowest BCUT2D eigenvalue weighted by molar-refractivity contribution is 0.0405. The summed E-state index contributed by atoms with van der Waals surface area (Å²) in [4.78, 5) is 0. The Hall–Kier alpha value is -0.340. The maximum absolute atomic E-state index is 8.57. The Labute approximate surface area is 75.2 Å². The van der Waals surface area contributed by atoms with Gasteiger partial charge < -0.3 is 9.84 Å². The first-order valence-electron chi connectivity index (χ1n) is 4.52. The molecule has 0 fully saturated rings. The molecule has 0 aliphatic rings. The van der Waals surface area contributed by atoms with Crippen LogP contribution in [0.4, 0.5) is 0 Å². The van der Waals surface area contributed by atoms with Gasteiger partial charge in [0.25, 0.3) is 0 Å². The topological polar surface area (TPSA) is 29.5 Å². The molecule has 1 N–H and O–H groups in total. The van der Waals surface area contributed by atoms with Crippen LogP contribution in [0.2, 0.25) is 0 Å². The minimum absolute atomic E-state index is 0.149. The zero-order valence-electron chi connectivity index (χ0n) is 8.34. The molecule has 0 aliphatic heterocycles. The Bertz CT molecular complexity index is 132. The molecule has 2 heteroatoms. The van der Waals surface area contributed by atoms with E-state index in [2.05, 4.69) is 13.8 Å². The summed E-state index contributed by atoms with van der Waals surface area (Å²) in [5.74, 6) is 0. The first-order valence-corrected chi connectivity index (χ1v) is 4.52. The predicted octanol–water partition coefficient (Wildman–Crippen LogP) is 2.13. The molecule has 2 nitrogen and oxygen atoms in total. The van der Waals surface area contributed by atoms with Gasteiger partial charge in [-0.3, -0.25) is 0 Å². The van der Waals surface area contributed by atoms with Gasteiger partial charge in [-0.2, -0.15) is 0 Å². The maximum Gasteiger partial charge on any atom is 0.0830 e. The monoisotopic (exact) mass is 172 g/mol. The summed E-state index contributed by atoms with van der Waals surface area (Å²) in [7, 11) is 1.72. The van der Waals surface area contributed by atoms with Crippen molar-refractivity contribution in [3.05, 3.63) is 12.2 Å². The fourth-order valence-electron chi connectivity index (χ4n) is 1.16. The van der Waals surface area contributed by atoms with Crippen molar-refractivity contribution in [1.82, 2.24) is 0 Å². The summed E-state index contributed by atoms with van der Waals surface area (Å²) in [6, 6.07) is 0. The van der Waals surface area contributed by atoms with Crippen LogP contribution in [0.15, 0.2) is 12.2 Å². The Morgan fingerprint density at radius 2 is 2.17 bits per heavy atom. The van der Waals surface area contributed by atoms with Crippen molar-refractivity contribution in [3.63, 3.8) is 0 Å². The zero-order valence-corrected chi connectivity index (χ0v) is 8.34. The molecule has 0 aromatic rings. The van der Waals surface area contributed by atoms with Crippen LogP contribution in [-0.2, 0) is 4.74 Å². The second kappa shape index (κ2) is 6.21. The zero-order chi connectivity index (χ0) is 9.45. The number of aliphatic hydroxyl groups excluding tert-OH is 1. The third kappa shape index (κ3) is 4.52. The molecular weight excluding hydrogens is 152 g/mol.